The lowest BCUT2D eigenvalue weighted by Gasteiger charge is -2.34. The SMILES string of the molecule is CCN1CCN(Cc2ccccc2CNC(=O)Nc2cccc(C#N)c2)CC1. The van der Waals surface area contributed by atoms with Gasteiger partial charge in [0.1, 0.15) is 0 Å². The molecule has 0 aromatic heterocycles. The quantitative estimate of drug-likeness (QED) is 0.812. The molecule has 1 aliphatic rings. The third-order valence-corrected chi connectivity index (χ3v) is 5.11. The van der Waals surface area contributed by atoms with Gasteiger partial charge in [-0.3, -0.25) is 4.90 Å². The molecular formula is C22H27N5O. The van der Waals surface area contributed by atoms with Crippen LogP contribution in [0.25, 0.3) is 0 Å². The molecule has 0 aliphatic carbocycles. The summed E-state index contributed by atoms with van der Waals surface area (Å²) in [5.74, 6) is 0. The number of nitriles is 1. The van der Waals surface area contributed by atoms with E-state index in [1.165, 1.54) is 5.56 Å². The van der Waals surface area contributed by atoms with E-state index in [4.69, 9.17) is 5.26 Å². The van der Waals surface area contributed by atoms with Gasteiger partial charge in [-0.05, 0) is 35.9 Å². The third-order valence-electron chi connectivity index (χ3n) is 5.11. The first-order valence-electron chi connectivity index (χ1n) is 9.74. The molecular weight excluding hydrogens is 350 g/mol. The van der Waals surface area contributed by atoms with Gasteiger partial charge in [0, 0.05) is 45.0 Å². The van der Waals surface area contributed by atoms with Crippen LogP contribution in [0.2, 0.25) is 0 Å². The molecule has 1 fully saturated rings. The number of carbonyl (C=O) groups excluding carboxylic acids is 1. The van der Waals surface area contributed by atoms with E-state index < -0.39 is 0 Å². The summed E-state index contributed by atoms with van der Waals surface area (Å²) in [5, 5.41) is 14.7. The Kier molecular flexibility index (Phi) is 7.01. The Morgan fingerprint density at radius 2 is 1.75 bits per heavy atom. The predicted octanol–water partition coefficient (Wildman–Crippen LogP) is 3.02. The van der Waals surface area contributed by atoms with Crippen LogP contribution in [0, 0.1) is 11.3 Å². The molecule has 2 aromatic rings. The summed E-state index contributed by atoms with van der Waals surface area (Å²) in [4.78, 5) is 17.2. The molecule has 146 valence electrons. The van der Waals surface area contributed by atoms with Crippen molar-refractivity contribution in [1.29, 1.82) is 5.26 Å². The number of amides is 2. The second-order valence-corrected chi connectivity index (χ2v) is 6.98. The smallest absolute Gasteiger partial charge is 0.319 e. The molecule has 28 heavy (non-hydrogen) atoms. The van der Waals surface area contributed by atoms with Gasteiger partial charge in [0.05, 0.1) is 11.6 Å². The molecule has 2 amide bonds. The van der Waals surface area contributed by atoms with E-state index in [-0.39, 0.29) is 6.03 Å². The topological polar surface area (TPSA) is 71.4 Å². The van der Waals surface area contributed by atoms with Gasteiger partial charge in [0.2, 0.25) is 0 Å². The molecule has 0 radical (unpaired) electrons. The van der Waals surface area contributed by atoms with Gasteiger partial charge in [0.25, 0.3) is 0 Å². The van der Waals surface area contributed by atoms with Crippen molar-refractivity contribution in [2.75, 3.05) is 38.0 Å². The van der Waals surface area contributed by atoms with Crippen LogP contribution in [0.4, 0.5) is 10.5 Å². The number of likely N-dealkylation sites (N-methyl/N-ethyl adjacent to an activating group) is 1. The standard InChI is InChI=1S/C22H27N5O/c1-2-26-10-12-27(13-11-26)17-20-8-4-3-7-19(20)16-24-22(28)25-21-9-5-6-18(14-21)15-23/h3-9,14H,2,10-13,16-17H2,1H3,(H2,24,25,28). The summed E-state index contributed by atoms with van der Waals surface area (Å²) in [6.07, 6.45) is 0. The monoisotopic (exact) mass is 377 g/mol. The van der Waals surface area contributed by atoms with Crippen molar-refractivity contribution >= 4 is 11.7 Å². The average Bonchev–Trinajstić information content (AvgIpc) is 2.74. The summed E-state index contributed by atoms with van der Waals surface area (Å²) < 4.78 is 0. The highest BCUT2D eigenvalue weighted by atomic mass is 16.2. The number of hydrogen-bond acceptors (Lipinski definition) is 4. The van der Waals surface area contributed by atoms with E-state index >= 15 is 0 Å². The molecule has 2 aromatic carbocycles. The van der Waals surface area contributed by atoms with Crippen molar-refractivity contribution in [1.82, 2.24) is 15.1 Å². The van der Waals surface area contributed by atoms with Crippen LogP contribution in [0.15, 0.2) is 48.5 Å². The van der Waals surface area contributed by atoms with Gasteiger partial charge in [0.15, 0.2) is 0 Å². The number of urea groups is 1. The maximum Gasteiger partial charge on any atom is 0.319 e. The van der Waals surface area contributed by atoms with E-state index in [1.54, 1.807) is 24.3 Å². The normalized spacial score (nSPS) is 15.0. The van der Waals surface area contributed by atoms with Gasteiger partial charge in [-0.25, -0.2) is 4.79 Å². The fourth-order valence-electron chi connectivity index (χ4n) is 3.41. The highest BCUT2D eigenvalue weighted by Crippen LogP contribution is 2.14. The largest absolute Gasteiger partial charge is 0.334 e. The number of hydrogen-bond donors (Lipinski definition) is 2. The number of carbonyl (C=O) groups is 1. The zero-order chi connectivity index (χ0) is 19.8. The average molecular weight is 377 g/mol. The molecule has 6 nitrogen and oxygen atoms in total. The van der Waals surface area contributed by atoms with E-state index in [0.29, 0.717) is 17.8 Å². The van der Waals surface area contributed by atoms with E-state index in [2.05, 4.69) is 51.6 Å². The molecule has 1 aliphatic heterocycles. The van der Waals surface area contributed by atoms with Crippen LogP contribution in [0.3, 0.4) is 0 Å². The van der Waals surface area contributed by atoms with Crippen LogP contribution in [-0.2, 0) is 13.1 Å². The van der Waals surface area contributed by atoms with Crippen molar-refractivity contribution < 1.29 is 4.79 Å². The first-order chi connectivity index (χ1) is 13.7. The summed E-state index contributed by atoms with van der Waals surface area (Å²) >= 11 is 0. The minimum absolute atomic E-state index is 0.276. The zero-order valence-corrected chi connectivity index (χ0v) is 16.3. The molecule has 6 heteroatoms. The van der Waals surface area contributed by atoms with Crippen molar-refractivity contribution in [3.05, 3.63) is 65.2 Å². The molecule has 0 spiro atoms. The summed E-state index contributed by atoms with van der Waals surface area (Å²) in [7, 11) is 0. The number of anilines is 1. The fraction of sp³-hybridized carbons (Fsp3) is 0.364. The van der Waals surface area contributed by atoms with E-state index in [0.717, 1.165) is 44.8 Å². The second-order valence-electron chi connectivity index (χ2n) is 6.98. The Labute approximate surface area is 166 Å². The van der Waals surface area contributed by atoms with Crippen molar-refractivity contribution in [2.24, 2.45) is 0 Å². The van der Waals surface area contributed by atoms with Crippen molar-refractivity contribution in [2.45, 2.75) is 20.0 Å². The van der Waals surface area contributed by atoms with Gasteiger partial charge >= 0.3 is 6.03 Å². The minimum Gasteiger partial charge on any atom is -0.334 e. The minimum atomic E-state index is -0.276. The number of nitrogens with one attached hydrogen (secondary N) is 2. The van der Waals surface area contributed by atoms with E-state index in [1.807, 2.05) is 6.07 Å². The molecule has 3 rings (SSSR count). The molecule has 2 N–H and O–H groups in total. The highest BCUT2D eigenvalue weighted by molar-refractivity contribution is 5.89. The van der Waals surface area contributed by atoms with Gasteiger partial charge < -0.3 is 15.5 Å². The number of rotatable bonds is 6. The van der Waals surface area contributed by atoms with Crippen LogP contribution in [0.1, 0.15) is 23.6 Å². The maximum absolute atomic E-state index is 12.2. The first-order valence-corrected chi connectivity index (χ1v) is 9.74. The van der Waals surface area contributed by atoms with Crippen molar-refractivity contribution in [3.8, 4) is 6.07 Å². The van der Waals surface area contributed by atoms with Crippen molar-refractivity contribution in [3.63, 3.8) is 0 Å². The lowest BCUT2D eigenvalue weighted by molar-refractivity contribution is 0.131. The Morgan fingerprint density at radius 1 is 1.04 bits per heavy atom. The lowest BCUT2D eigenvalue weighted by Crippen LogP contribution is -2.45. The van der Waals surface area contributed by atoms with Gasteiger partial charge in [-0.2, -0.15) is 5.26 Å². The molecule has 1 saturated heterocycles. The van der Waals surface area contributed by atoms with Gasteiger partial charge in [-0.15, -0.1) is 0 Å². The fourth-order valence-corrected chi connectivity index (χ4v) is 3.41. The van der Waals surface area contributed by atoms with E-state index in [9.17, 15) is 4.79 Å². The molecule has 0 bridgehead atoms. The zero-order valence-electron chi connectivity index (χ0n) is 16.3. The lowest BCUT2D eigenvalue weighted by atomic mass is 10.1. The molecule has 0 unspecified atom stereocenters. The molecule has 0 atom stereocenters. The predicted molar refractivity (Wildman–Crippen MR) is 111 cm³/mol. The summed E-state index contributed by atoms with van der Waals surface area (Å²) in [5.41, 5.74) is 3.51. The van der Waals surface area contributed by atoms with Crippen LogP contribution in [-0.4, -0.2) is 48.6 Å². The Morgan fingerprint density at radius 3 is 2.46 bits per heavy atom. The number of piperazine rings is 1. The Balaban J connectivity index is 1.54. The molecule has 1 heterocycles. The highest BCUT2D eigenvalue weighted by Gasteiger charge is 2.16. The maximum atomic E-state index is 12.2. The number of benzene rings is 2. The van der Waals surface area contributed by atoms with Crippen LogP contribution >= 0.6 is 0 Å². The Bertz CT molecular complexity index is 837. The van der Waals surface area contributed by atoms with Gasteiger partial charge in [-0.1, -0.05) is 37.3 Å². The Hall–Kier alpha value is -2.88. The van der Waals surface area contributed by atoms with Crippen LogP contribution in [0.5, 0.6) is 0 Å². The molecule has 0 saturated carbocycles. The van der Waals surface area contributed by atoms with Crippen LogP contribution < -0.4 is 10.6 Å². The first kappa shape index (κ1) is 19.9. The second kappa shape index (κ2) is 9.88. The summed E-state index contributed by atoms with van der Waals surface area (Å²) in [6.45, 7) is 9.06. The number of nitrogens with zero attached hydrogens (tertiary/aromatic N) is 3. The third kappa shape index (κ3) is 5.56. The summed E-state index contributed by atoms with van der Waals surface area (Å²) in [6, 6.07) is 16.9.